The number of ether oxygens (including phenoxy) is 1. The summed E-state index contributed by atoms with van der Waals surface area (Å²) < 4.78 is 4.40. The summed E-state index contributed by atoms with van der Waals surface area (Å²) in [6.45, 7) is 1.19. The van der Waals surface area contributed by atoms with Gasteiger partial charge in [-0.1, -0.05) is 0 Å². The first kappa shape index (κ1) is 8.25. The van der Waals surface area contributed by atoms with Crippen molar-refractivity contribution in [1.82, 2.24) is 5.32 Å². The summed E-state index contributed by atoms with van der Waals surface area (Å²) in [6.07, 6.45) is -0.296. The number of hydrogen-bond donors (Lipinski definition) is 3. The standard InChI is InChI=1S/C3H5NO2.BH3O2/c5-3-4-1-2-6-3;2-1-3/h1-2H2,(H,4,5);1-3H. The molecular weight excluding hydrogens is 125 g/mol. The number of carbonyl (C=O) groups excluding carboxylic acids is 1. The third-order valence-corrected chi connectivity index (χ3v) is 0.605. The Kier molecular flexibility index (Phi) is 4.95. The first-order chi connectivity index (χ1) is 4.31. The summed E-state index contributed by atoms with van der Waals surface area (Å²) in [5.74, 6) is 0. The highest BCUT2D eigenvalue weighted by Crippen LogP contribution is 1.82. The minimum absolute atomic E-state index is 0.296. The molecule has 1 aliphatic rings. The fourth-order valence-electron chi connectivity index (χ4n) is 0.348. The van der Waals surface area contributed by atoms with Crippen LogP contribution < -0.4 is 5.32 Å². The van der Waals surface area contributed by atoms with Crippen molar-refractivity contribution in [1.29, 1.82) is 0 Å². The van der Waals surface area contributed by atoms with Crippen molar-refractivity contribution in [2.75, 3.05) is 13.2 Å². The first-order valence-electron chi connectivity index (χ1n) is 2.43. The molecule has 1 aliphatic heterocycles. The van der Waals surface area contributed by atoms with E-state index in [1.807, 2.05) is 0 Å². The lowest BCUT2D eigenvalue weighted by atomic mass is 10.5. The van der Waals surface area contributed by atoms with Gasteiger partial charge in [-0.05, 0) is 0 Å². The Morgan fingerprint density at radius 1 is 1.67 bits per heavy atom. The van der Waals surface area contributed by atoms with Gasteiger partial charge in [-0.25, -0.2) is 4.79 Å². The van der Waals surface area contributed by atoms with Crippen LogP contribution in [0, 0.1) is 0 Å². The lowest BCUT2D eigenvalue weighted by Crippen LogP contribution is -2.11. The Morgan fingerprint density at radius 3 is 2.33 bits per heavy atom. The van der Waals surface area contributed by atoms with Gasteiger partial charge in [-0.2, -0.15) is 0 Å². The van der Waals surface area contributed by atoms with Crippen molar-refractivity contribution in [3.63, 3.8) is 0 Å². The van der Waals surface area contributed by atoms with E-state index in [0.717, 1.165) is 0 Å². The summed E-state index contributed by atoms with van der Waals surface area (Å²) in [4.78, 5) is 9.91. The van der Waals surface area contributed by atoms with Crippen molar-refractivity contribution in [3.8, 4) is 0 Å². The summed E-state index contributed by atoms with van der Waals surface area (Å²) in [5.41, 5.74) is 0. The Bertz CT molecular complexity index is 79.9. The molecule has 5 nitrogen and oxygen atoms in total. The zero-order chi connectivity index (χ0) is 7.11. The molecule has 6 heteroatoms. The van der Waals surface area contributed by atoms with E-state index in [1.54, 1.807) is 0 Å². The van der Waals surface area contributed by atoms with Crippen LogP contribution in [0.1, 0.15) is 0 Å². The monoisotopic (exact) mass is 133 g/mol. The van der Waals surface area contributed by atoms with Gasteiger partial charge in [-0.3, -0.25) is 0 Å². The largest absolute Gasteiger partial charge is 0.448 e. The SMILES string of the molecule is O=C1NCCO1.OBO. The predicted molar refractivity (Wildman–Crippen MR) is 30.9 cm³/mol. The van der Waals surface area contributed by atoms with E-state index in [-0.39, 0.29) is 6.09 Å². The van der Waals surface area contributed by atoms with Crippen LogP contribution in [0.5, 0.6) is 0 Å². The highest BCUT2D eigenvalue weighted by Gasteiger charge is 2.06. The lowest BCUT2D eigenvalue weighted by Gasteiger charge is -1.80. The molecule has 0 aliphatic carbocycles. The second kappa shape index (κ2) is 5.39. The van der Waals surface area contributed by atoms with Crippen LogP contribution in [-0.4, -0.2) is 37.0 Å². The average molecular weight is 133 g/mol. The molecule has 1 fully saturated rings. The minimum atomic E-state index is -0.750. The third kappa shape index (κ3) is 5.12. The average Bonchev–Trinajstić information content (AvgIpc) is 2.20. The van der Waals surface area contributed by atoms with E-state index in [0.29, 0.717) is 13.2 Å². The van der Waals surface area contributed by atoms with E-state index in [4.69, 9.17) is 10.0 Å². The molecule has 1 amide bonds. The number of cyclic esters (lactones) is 1. The van der Waals surface area contributed by atoms with Gasteiger partial charge in [0.2, 0.25) is 0 Å². The number of rotatable bonds is 0. The van der Waals surface area contributed by atoms with E-state index in [1.165, 1.54) is 0 Å². The summed E-state index contributed by atoms with van der Waals surface area (Å²) in [7, 11) is -0.750. The van der Waals surface area contributed by atoms with Crippen molar-refractivity contribution >= 4 is 13.8 Å². The van der Waals surface area contributed by atoms with Gasteiger partial charge in [-0.15, -0.1) is 0 Å². The topological polar surface area (TPSA) is 78.8 Å². The Hall–Kier alpha value is -0.745. The van der Waals surface area contributed by atoms with Crippen molar-refractivity contribution in [2.45, 2.75) is 0 Å². The summed E-state index contributed by atoms with van der Waals surface area (Å²) in [5, 5.41) is 16.7. The number of alkyl carbamates (subject to hydrolysis) is 1. The van der Waals surface area contributed by atoms with E-state index in [2.05, 4.69) is 10.1 Å². The fourth-order valence-corrected chi connectivity index (χ4v) is 0.348. The van der Waals surface area contributed by atoms with Crippen LogP contribution in [0.15, 0.2) is 0 Å². The molecule has 0 aromatic carbocycles. The molecule has 0 radical (unpaired) electrons. The molecule has 0 spiro atoms. The van der Waals surface area contributed by atoms with Gasteiger partial charge in [0.05, 0.1) is 6.54 Å². The lowest BCUT2D eigenvalue weighted by molar-refractivity contribution is 0.178. The minimum Gasteiger partial charge on any atom is -0.448 e. The predicted octanol–water partition coefficient (Wildman–Crippen LogP) is -2.04. The number of amides is 1. The second-order valence-electron chi connectivity index (χ2n) is 1.20. The smallest absolute Gasteiger partial charge is 0.432 e. The quantitative estimate of drug-likeness (QED) is 0.332. The van der Waals surface area contributed by atoms with Gasteiger partial charge in [0.1, 0.15) is 6.61 Å². The van der Waals surface area contributed by atoms with Crippen molar-refractivity contribution < 1.29 is 19.6 Å². The molecule has 0 aromatic heterocycles. The second-order valence-corrected chi connectivity index (χ2v) is 1.20. The molecule has 9 heavy (non-hydrogen) atoms. The third-order valence-electron chi connectivity index (χ3n) is 0.605. The van der Waals surface area contributed by atoms with Crippen LogP contribution in [-0.2, 0) is 4.74 Å². The van der Waals surface area contributed by atoms with Crippen LogP contribution in [0.4, 0.5) is 4.79 Å². The first-order valence-corrected chi connectivity index (χ1v) is 2.43. The molecule has 1 saturated heterocycles. The molecule has 0 saturated carbocycles. The molecule has 0 aromatic rings. The summed E-state index contributed by atoms with van der Waals surface area (Å²) in [6, 6.07) is 0. The molecule has 3 N–H and O–H groups in total. The molecule has 1 heterocycles. The van der Waals surface area contributed by atoms with Crippen molar-refractivity contribution in [3.05, 3.63) is 0 Å². The molecule has 1 rings (SSSR count). The van der Waals surface area contributed by atoms with Crippen LogP contribution >= 0.6 is 0 Å². The zero-order valence-electron chi connectivity index (χ0n) is 4.83. The maximum absolute atomic E-state index is 9.91. The Labute approximate surface area is 52.9 Å². The Morgan fingerprint density at radius 2 is 2.22 bits per heavy atom. The maximum Gasteiger partial charge on any atom is 0.432 e. The highest BCUT2D eigenvalue weighted by molar-refractivity contribution is 6.13. The number of carbonyl (C=O) groups is 1. The van der Waals surface area contributed by atoms with Gasteiger partial charge in [0, 0.05) is 0 Å². The van der Waals surface area contributed by atoms with E-state index < -0.39 is 7.69 Å². The number of hydrogen-bond acceptors (Lipinski definition) is 4. The number of nitrogens with one attached hydrogen (secondary N) is 1. The molecule has 0 atom stereocenters. The van der Waals surface area contributed by atoms with Gasteiger partial charge in [0.15, 0.2) is 0 Å². The van der Waals surface area contributed by atoms with Gasteiger partial charge >= 0.3 is 13.8 Å². The van der Waals surface area contributed by atoms with Gasteiger partial charge < -0.3 is 20.1 Å². The van der Waals surface area contributed by atoms with E-state index in [9.17, 15) is 4.79 Å². The molecule has 0 bridgehead atoms. The zero-order valence-corrected chi connectivity index (χ0v) is 4.83. The molecule has 0 unspecified atom stereocenters. The highest BCUT2D eigenvalue weighted by atomic mass is 16.6. The fraction of sp³-hybridized carbons (Fsp3) is 0.667. The Balaban J connectivity index is 0.000000187. The van der Waals surface area contributed by atoms with E-state index >= 15 is 0 Å². The molecular formula is C3H8BNO4. The maximum atomic E-state index is 9.91. The van der Waals surface area contributed by atoms with Crippen LogP contribution in [0.2, 0.25) is 0 Å². The van der Waals surface area contributed by atoms with Gasteiger partial charge in [0.25, 0.3) is 0 Å². The van der Waals surface area contributed by atoms with Crippen LogP contribution in [0.3, 0.4) is 0 Å². The summed E-state index contributed by atoms with van der Waals surface area (Å²) >= 11 is 0. The molecule has 52 valence electrons. The normalized spacial score (nSPS) is 14.7. The van der Waals surface area contributed by atoms with Crippen LogP contribution in [0.25, 0.3) is 0 Å². The van der Waals surface area contributed by atoms with Crippen molar-refractivity contribution in [2.24, 2.45) is 0 Å².